The molecule has 0 radical (unpaired) electrons. The van der Waals surface area contributed by atoms with Crippen LogP contribution in [0.4, 0.5) is 0 Å². The molecule has 5 heteroatoms. The zero-order valence-corrected chi connectivity index (χ0v) is 14.3. The van der Waals surface area contributed by atoms with Crippen LogP contribution in [0.1, 0.15) is 41.7 Å². The summed E-state index contributed by atoms with van der Waals surface area (Å²) in [5.41, 5.74) is 1.80. The average molecular weight is 330 g/mol. The summed E-state index contributed by atoms with van der Waals surface area (Å²) in [5.74, 6) is 0.0100. The highest BCUT2D eigenvalue weighted by molar-refractivity contribution is 7.08. The van der Waals surface area contributed by atoms with Gasteiger partial charge in [0, 0.05) is 31.0 Å². The van der Waals surface area contributed by atoms with E-state index in [9.17, 15) is 9.59 Å². The van der Waals surface area contributed by atoms with E-state index >= 15 is 0 Å². The van der Waals surface area contributed by atoms with E-state index in [1.165, 1.54) is 11.3 Å². The Morgan fingerprint density at radius 2 is 1.96 bits per heavy atom. The quantitative estimate of drug-likeness (QED) is 0.790. The van der Waals surface area contributed by atoms with Crippen LogP contribution in [0.15, 0.2) is 47.2 Å². The molecule has 2 amide bonds. The molecule has 1 aromatic heterocycles. The molecule has 1 unspecified atom stereocenters. The molecule has 1 heterocycles. The minimum Gasteiger partial charge on any atom is -0.352 e. The van der Waals surface area contributed by atoms with Crippen molar-refractivity contribution in [2.75, 3.05) is 13.6 Å². The fourth-order valence-electron chi connectivity index (χ4n) is 2.28. The number of nitrogens with one attached hydrogen (secondary N) is 1. The first-order valence-corrected chi connectivity index (χ1v) is 8.65. The number of nitrogens with zero attached hydrogens (tertiary/aromatic N) is 1. The summed E-state index contributed by atoms with van der Waals surface area (Å²) in [4.78, 5) is 25.8. The standard InChI is InChI=1S/C18H22N2O2S/c1-14(15-7-4-3-5-8-15)20(2)17(21)9-6-11-19-18(22)16-10-12-23-13-16/h3-5,7-8,10,12-14H,6,9,11H2,1-2H3,(H,19,22). The van der Waals surface area contributed by atoms with Crippen molar-refractivity contribution in [1.82, 2.24) is 10.2 Å². The van der Waals surface area contributed by atoms with Gasteiger partial charge in [0.15, 0.2) is 0 Å². The Bertz CT molecular complexity index is 626. The Balaban J connectivity index is 1.73. The molecule has 0 spiro atoms. The second kappa shape index (κ2) is 8.48. The maximum Gasteiger partial charge on any atom is 0.252 e. The lowest BCUT2D eigenvalue weighted by atomic mass is 10.1. The van der Waals surface area contributed by atoms with Gasteiger partial charge in [-0.15, -0.1) is 0 Å². The normalized spacial score (nSPS) is 11.7. The predicted molar refractivity (Wildman–Crippen MR) is 93.5 cm³/mol. The van der Waals surface area contributed by atoms with Gasteiger partial charge in [-0.3, -0.25) is 9.59 Å². The van der Waals surface area contributed by atoms with Crippen molar-refractivity contribution in [3.8, 4) is 0 Å². The predicted octanol–water partition coefficient (Wildman–Crippen LogP) is 3.48. The molecule has 0 aliphatic rings. The van der Waals surface area contributed by atoms with E-state index in [4.69, 9.17) is 0 Å². The van der Waals surface area contributed by atoms with Crippen LogP contribution in [0.5, 0.6) is 0 Å². The molecule has 4 nitrogen and oxygen atoms in total. The van der Waals surface area contributed by atoms with Gasteiger partial charge in [0.2, 0.25) is 5.91 Å². The van der Waals surface area contributed by atoms with Crippen LogP contribution in [-0.2, 0) is 4.79 Å². The third-order valence-corrected chi connectivity index (χ3v) is 4.58. The van der Waals surface area contributed by atoms with E-state index in [1.807, 2.05) is 55.1 Å². The van der Waals surface area contributed by atoms with Crippen molar-refractivity contribution < 1.29 is 9.59 Å². The summed E-state index contributed by atoms with van der Waals surface area (Å²) in [6.07, 6.45) is 1.07. The fraction of sp³-hybridized carbons (Fsp3) is 0.333. The number of carbonyl (C=O) groups excluding carboxylic acids is 2. The van der Waals surface area contributed by atoms with Crippen molar-refractivity contribution >= 4 is 23.2 Å². The minimum atomic E-state index is -0.0790. The largest absolute Gasteiger partial charge is 0.352 e. The molecule has 1 N–H and O–H groups in total. The summed E-state index contributed by atoms with van der Waals surface area (Å²) >= 11 is 1.50. The summed E-state index contributed by atoms with van der Waals surface area (Å²) in [6, 6.07) is 11.8. The maximum atomic E-state index is 12.2. The highest BCUT2D eigenvalue weighted by Crippen LogP contribution is 2.19. The number of carbonyl (C=O) groups is 2. The van der Waals surface area contributed by atoms with Crippen LogP contribution in [0.3, 0.4) is 0 Å². The molecule has 0 saturated carbocycles. The molecule has 23 heavy (non-hydrogen) atoms. The highest BCUT2D eigenvalue weighted by atomic mass is 32.1. The van der Waals surface area contributed by atoms with E-state index in [0.29, 0.717) is 24.9 Å². The van der Waals surface area contributed by atoms with Crippen molar-refractivity contribution in [2.45, 2.75) is 25.8 Å². The molecular weight excluding hydrogens is 308 g/mol. The number of amides is 2. The SMILES string of the molecule is CC(c1ccccc1)N(C)C(=O)CCCNC(=O)c1ccsc1. The van der Waals surface area contributed by atoms with E-state index in [2.05, 4.69) is 5.32 Å². The highest BCUT2D eigenvalue weighted by Gasteiger charge is 2.16. The molecule has 122 valence electrons. The van der Waals surface area contributed by atoms with Crippen molar-refractivity contribution in [3.05, 3.63) is 58.3 Å². The van der Waals surface area contributed by atoms with Crippen LogP contribution >= 0.6 is 11.3 Å². The number of hydrogen-bond acceptors (Lipinski definition) is 3. The number of thiophene rings is 1. The summed E-state index contributed by atoms with van der Waals surface area (Å²) in [7, 11) is 1.82. The van der Waals surface area contributed by atoms with Crippen LogP contribution in [-0.4, -0.2) is 30.3 Å². The topological polar surface area (TPSA) is 49.4 Å². The molecular formula is C18H22N2O2S. The van der Waals surface area contributed by atoms with Crippen LogP contribution in [0.2, 0.25) is 0 Å². The molecule has 2 aromatic rings. The Kier molecular flexibility index (Phi) is 6.35. The zero-order chi connectivity index (χ0) is 16.7. The molecule has 2 rings (SSSR count). The molecule has 0 saturated heterocycles. The fourth-order valence-corrected chi connectivity index (χ4v) is 2.92. The Morgan fingerprint density at radius 3 is 2.61 bits per heavy atom. The van der Waals surface area contributed by atoms with Crippen LogP contribution in [0, 0.1) is 0 Å². The third-order valence-electron chi connectivity index (χ3n) is 3.89. The number of rotatable bonds is 7. The second-order valence-corrected chi connectivity index (χ2v) is 6.24. The number of benzene rings is 1. The van der Waals surface area contributed by atoms with Gasteiger partial charge in [-0.05, 0) is 30.4 Å². The average Bonchev–Trinajstić information content (AvgIpc) is 3.12. The monoisotopic (exact) mass is 330 g/mol. The Morgan fingerprint density at radius 1 is 1.22 bits per heavy atom. The molecule has 0 aliphatic heterocycles. The first-order chi connectivity index (χ1) is 11.1. The van der Waals surface area contributed by atoms with Gasteiger partial charge in [0.05, 0.1) is 6.04 Å². The molecule has 1 aromatic carbocycles. The molecule has 0 fully saturated rings. The van der Waals surface area contributed by atoms with Gasteiger partial charge < -0.3 is 10.2 Å². The summed E-state index contributed by atoms with van der Waals surface area (Å²) in [5, 5.41) is 6.53. The van der Waals surface area contributed by atoms with Crippen LogP contribution < -0.4 is 5.32 Å². The Labute approximate surface area is 141 Å². The van der Waals surface area contributed by atoms with Gasteiger partial charge in [-0.1, -0.05) is 30.3 Å². The van der Waals surface area contributed by atoms with Gasteiger partial charge in [-0.25, -0.2) is 0 Å². The lowest BCUT2D eigenvalue weighted by molar-refractivity contribution is -0.131. The summed E-state index contributed by atoms with van der Waals surface area (Å²) < 4.78 is 0. The first kappa shape index (κ1) is 17.2. The van der Waals surface area contributed by atoms with E-state index in [-0.39, 0.29) is 17.9 Å². The van der Waals surface area contributed by atoms with Crippen molar-refractivity contribution in [2.24, 2.45) is 0 Å². The van der Waals surface area contributed by atoms with Crippen LogP contribution in [0.25, 0.3) is 0 Å². The van der Waals surface area contributed by atoms with Crippen molar-refractivity contribution in [3.63, 3.8) is 0 Å². The first-order valence-electron chi connectivity index (χ1n) is 7.70. The summed E-state index contributed by atoms with van der Waals surface area (Å²) in [6.45, 7) is 2.53. The van der Waals surface area contributed by atoms with Gasteiger partial charge in [-0.2, -0.15) is 11.3 Å². The molecule has 0 bridgehead atoms. The lowest BCUT2D eigenvalue weighted by Crippen LogP contribution is -2.31. The second-order valence-electron chi connectivity index (χ2n) is 5.46. The minimum absolute atomic E-state index is 0.0455. The van der Waals surface area contributed by atoms with Gasteiger partial charge >= 0.3 is 0 Å². The van der Waals surface area contributed by atoms with E-state index < -0.39 is 0 Å². The lowest BCUT2D eigenvalue weighted by Gasteiger charge is -2.25. The van der Waals surface area contributed by atoms with E-state index in [1.54, 1.807) is 11.0 Å². The smallest absolute Gasteiger partial charge is 0.252 e. The van der Waals surface area contributed by atoms with Gasteiger partial charge in [0.25, 0.3) is 5.91 Å². The van der Waals surface area contributed by atoms with Crippen molar-refractivity contribution in [1.29, 1.82) is 0 Å². The number of hydrogen-bond donors (Lipinski definition) is 1. The Hall–Kier alpha value is -2.14. The zero-order valence-electron chi connectivity index (χ0n) is 13.5. The third kappa shape index (κ3) is 4.93. The molecule has 1 atom stereocenters. The van der Waals surface area contributed by atoms with Gasteiger partial charge in [0.1, 0.15) is 0 Å². The maximum absolute atomic E-state index is 12.2. The van der Waals surface area contributed by atoms with E-state index in [0.717, 1.165) is 5.56 Å². The molecule has 0 aliphatic carbocycles.